The van der Waals surface area contributed by atoms with E-state index >= 15 is 0 Å². The number of para-hydroxylation sites is 1. The second-order valence-corrected chi connectivity index (χ2v) is 6.75. The Labute approximate surface area is 155 Å². The third-order valence-electron chi connectivity index (χ3n) is 4.55. The lowest BCUT2D eigenvalue weighted by Gasteiger charge is -2.36. The van der Waals surface area contributed by atoms with Crippen LogP contribution in [-0.2, 0) is 9.53 Å². The van der Waals surface area contributed by atoms with Crippen molar-refractivity contribution in [3.63, 3.8) is 0 Å². The van der Waals surface area contributed by atoms with Crippen LogP contribution in [0.5, 0.6) is 5.75 Å². The second kappa shape index (κ2) is 10.6. The van der Waals surface area contributed by atoms with E-state index in [-0.39, 0.29) is 6.61 Å². The number of allylic oxidation sites excluding steroid dienone is 5. The second-order valence-electron chi connectivity index (χ2n) is 6.75. The quantitative estimate of drug-likeness (QED) is 0.345. The van der Waals surface area contributed by atoms with E-state index < -0.39 is 5.97 Å². The van der Waals surface area contributed by atoms with Gasteiger partial charge < -0.3 is 14.6 Å². The molecule has 0 aliphatic heterocycles. The first-order valence-electron chi connectivity index (χ1n) is 9.11. The standard InChI is InChI=1S/C22H28O4/c1-17(8-6-9-18(2)26-21-11-4-3-5-12-21)20-14-19(15-20)10-7-13-25-16-22(23)24/h3-6,8-9,11-12,19-20H,1,7,10,13-16H2,2H3,(H,23,24)/b8-6-,18-9+. The minimum Gasteiger partial charge on any atom is -0.480 e. The van der Waals surface area contributed by atoms with E-state index in [0.717, 1.165) is 42.8 Å². The van der Waals surface area contributed by atoms with Crippen LogP contribution in [0.4, 0.5) is 0 Å². The molecule has 1 N–H and O–H groups in total. The molecule has 1 aromatic rings. The molecule has 0 unspecified atom stereocenters. The zero-order valence-corrected chi connectivity index (χ0v) is 15.4. The lowest BCUT2D eigenvalue weighted by Crippen LogP contribution is -2.24. The molecule has 1 aromatic carbocycles. The Bertz CT molecular complexity index is 639. The molecule has 0 spiro atoms. The van der Waals surface area contributed by atoms with Crippen LogP contribution in [0.15, 0.2) is 66.5 Å². The highest BCUT2D eigenvalue weighted by Crippen LogP contribution is 2.41. The zero-order valence-electron chi connectivity index (χ0n) is 15.4. The molecule has 0 atom stereocenters. The number of benzene rings is 1. The smallest absolute Gasteiger partial charge is 0.329 e. The van der Waals surface area contributed by atoms with E-state index in [0.29, 0.717) is 18.4 Å². The Morgan fingerprint density at radius 2 is 2.04 bits per heavy atom. The summed E-state index contributed by atoms with van der Waals surface area (Å²) in [5, 5.41) is 8.50. The van der Waals surface area contributed by atoms with Crippen LogP contribution in [0.3, 0.4) is 0 Å². The minimum atomic E-state index is -0.907. The number of hydrogen-bond donors (Lipinski definition) is 1. The topological polar surface area (TPSA) is 55.8 Å². The molecule has 1 saturated carbocycles. The highest BCUT2D eigenvalue weighted by Gasteiger charge is 2.29. The molecule has 1 aliphatic rings. The van der Waals surface area contributed by atoms with Crippen LogP contribution in [0.25, 0.3) is 0 Å². The summed E-state index contributed by atoms with van der Waals surface area (Å²) < 4.78 is 10.8. The van der Waals surface area contributed by atoms with E-state index in [1.54, 1.807) is 0 Å². The Morgan fingerprint density at radius 3 is 2.73 bits per heavy atom. The third-order valence-corrected chi connectivity index (χ3v) is 4.55. The predicted octanol–water partition coefficient (Wildman–Crippen LogP) is 4.99. The van der Waals surface area contributed by atoms with Gasteiger partial charge in [-0.05, 0) is 62.7 Å². The third kappa shape index (κ3) is 7.28. The van der Waals surface area contributed by atoms with Crippen molar-refractivity contribution in [3.05, 3.63) is 66.5 Å². The number of ether oxygens (including phenoxy) is 2. The summed E-state index contributed by atoms with van der Waals surface area (Å²) in [6.45, 7) is 6.44. The number of carbonyl (C=O) groups is 1. The Morgan fingerprint density at radius 1 is 1.31 bits per heavy atom. The van der Waals surface area contributed by atoms with Crippen LogP contribution >= 0.6 is 0 Å². The van der Waals surface area contributed by atoms with Gasteiger partial charge in [0, 0.05) is 6.61 Å². The van der Waals surface area contributed by atoms with E-state index in [1.165, 1.54) is 0 Å². The summed E-state index contributed by atoms with van der Waals surface area (Å²) in [6, 6.07) is 9.73. The van der Waals surface area contributed by atoms with Gasteiger partial charge in [0.25, 0.3) is 0 Å². The molecule has 1 fully saturated rings. The maximum Gasteiger partial charge on any atom is 0.329 e. The van der Waals surface area contributed by atoms with Gasteiger partial charge in [-0.2, -0.15) is 0 Å². The van der Waals surface area contributed by atoms with Crippen molar-refractivity contribution in [3.8, 4) is 5.75 Å². The van der Waals surface area contributed by atoms with Crippen LogP contribution in [-0.4, -0.2) is 24.3 Å². The highest BCUT2D eigenvalue weighted by molar-refractivity contribution is 5.67. The fourth-order valence-electron chi connectivity index (χ4n) is 3.06. The van der Waals surface area contributed by atoms with Crippen molar-refractivity contribution in [2.75, 3.05) is 13.2 Å². The number of hydrogen-bond acceptors (Lipinski definition) is 3. The molecule has 0 amide bonds. The van der Waals surface area contributed by atoms with Crippen molar-refractivity contribution in [1.82, 2.24) is 0 Å². The number of aliphatic carboxylic acids is 1. The van der Waals surface area contributed by atoms with E-state index in [4.69, 9.17) is 14.6 Å². The predicted molar refractivity (Wildman–Crippen MR) is 103 cm³/mol. The molecule has 0 aromatic heterocycles. The summed E-state index contributed by atoms with van der Waals surface area (Å²) in [5.41, 5.74) is 1.16. The minimum absolute atomic E-state index is 0.199. The van der Waals surface area contributed by atoms with Crippen LogP contribution in [0, 0.1) is 11.8 Å². The SMILES string of the molecule is C=C(/C=C\C=C(/C)Oc1ccccc1)C1CC(CCCOCC(=O)O)C1. The summed E-state index contributed by atoms with van der Waals surface area (Å²) in [5.74, 6) is 2.03. The molecule has 0 heterocycles. The molecule has 0 saturated heterocycles. The van der Waals surface area contributed by atoms with Gasteiger partial charge in [0.1, 0.15) is 18.1 Å². The van der Waals surface area contributed by atoms with Crippen LogP contribution in [0.1, 0.15) is 32.6 Å². The number of carboxylic acids is 1. The number of rotatable bonds is 11. The van der Waals surface area contributed by atoms with E-state index in [1.807, 2.05) is 49.4 Å². The van der Waals surface area contributed by atoms with Crippen molar-refractivity contribution in [1.29, 1.82) is 0 Å². The monoisotopic (exact) mass is 356 g/mol. The van der Waals surface area contributed by atoms with Crippen molar-refractivity contribution < 1.29 is 19.4 Å². The van der Waals surface area contributed by atoms with Crippen molar-refractivity contribution >= 4 is 5.97 Å². The molecule has 4 heteroatoms. The van der Waals surface area contributed by atoms with E-state index in [2.05, 4.69) is 12.7 Å². The summed E-state index contributed by atoms with van der Waals surface area (Å²) in [7, 11) is 0. The Hall–Kier alpha value is -2.33. The lowest BCUT2D eigenvalue weighted by atomic mass is 9.69. The van der Waals surface area contributed by atoms with Gasteiger partial charge in [-0.25, -0.2) is 4.79 Å². The summed E-state index contributed by atoms with van der Waals surface area (Å²) in [4.78, 5) is 10.3. The largest absolute Gasteiger partial charge is 0.480 e. The fourth-order valence-corrected chi connectivity index (χ4v) is 3.06. The molecule has 1 aliphatic carbocycles. The lowest BCUT2D eigenvalue weighted by molar-refractivity contribution is -0.142. The van der Waals surface area contributed by atoms with Gasteiger partial charge in [-0.3, -0.25) is 0 Å². The molecule has 26 heavy (non-hydrogen) atoms. The maximum absolute atomic E-state index is 10.3. The Kier molecular flexibility index (Phi) is 8.16. The molecular weight excluding hydrogens is 328 g/mol. The van der Waals surface area contributed by atoms with Gasteiger partial charge in [0.15, 0.2) is 0 Å². The van der Waals surface area contributed by atoms with Gasteiger partial charge >= 0.3 is 5.97 Å². The molecule has 0 radical (unpaired) electrons. The molecule has 0 bridgehead atoms. The first-order valence-corrected chi connectivity index (χ1v) is 9.11. The van der Waals surface area contributed by atoms with Gasteiger partial charge in [-0.1, -0.05) is 42.5 Å². The van der Waals surface area contributed by atoms with Gasteiger partial charge in [0.2, 0.25) is 0 Å². The molecule has 140 valence electrons. The Balaban J connectivity index is 1.61. The normalized spacial score (nSPS) is 20.0. The van der Waals surface area contributed by atoms with Crippen LogP contribution < -0.4 is 4.74 Å². The first-order chi connectivity index (χ1) is 12.5. The average molecular weight is 356 g/mol. The fraction of sp³-hybridized carbons (Fsp3) is 0.409. The summed E-state index contributed by atoms with van der Waals surface area (Å²) >= 11 is 0. The first kappa shape index (κ1) is 20.0. The van der Waals surface area contributed by atoms with E-state index in [9.17, 15) is 4.79 Å². The molecule has 4 nitrogen and oxygen atoms in total. The highest BCUT2D eigenvalue weighted by atomic mass is 16.5. The average Bonchev–Trinajstić information content (AvgIpc) is 2.56. The van der Waals surface area contributed by atoms with Crippen molar-refractivity contribution in [2.24, 2.45) is 11.8 Å². The van der Waals surface area contributed by atoms with Crippen LogP contribution in [0.2, 0.25) is 0 Å². The number of carboxylic acid groups (broad SMARTS) is 1. The van der Waals surface area contributed by atoms with Gasteiger partial charge in [-0.15, -0.1) is 0 Å². The zero-order chi connectivity index (χ0) is 18.8. The summed E-state index contributed by atoms with van der Waals surface area (Å²) in [6.07, 6.45) is 10.3. The maximum atomic E-state index is 10.3. The molecule has 2 rings (SSSR count). The van der Waals surface area contributed by atoms with Gasteiger partial charge in [0.05, 0.1) is 0 Å². The van der Waals surface area contributed by atoms with Crippen molar-refractivity contribution in [2.45, 2.75) is 32.6 Å². The molecular formula is C22H28O4.